The molecule has 1 aliphatic carbocycles. The Balaban J connectivity index is 1.36. The molecule has 6 rings (SSSR count). The van der Waals surface area contributed by atoms with Gasteiger partial charge >= 0.3 is 0 Å². The van der Waals surface area contributed by atoms with Crippen molar-refractivity contribution in [3.8, 4) is 11.4 Å². The first kappa shape index (κ1) is 20.7. The molecule has 0 amide bonds. The molecule has 0 bridgehead atoms. The second-order valence-corrected chi connectivity index (χ2v) is 11.4. The van der Waals surface area contributed by atoms with Gasteiger partial charge in [-0.05, 0) is 49.1 Å². The van der Waals surface area contributed by atoms with Crippen LogP contribution < -0.4 is 4.90 Å². The molecule has 9 heteroatoms. The Bertz CT molecular complexity index is 1410. The number of piperazine rings is 1. The lowest BCUT2D eigenvalue weighted by molar-refractivity contribution is 0.384. The van der Waals surface area contributed by atoms with E-state index in [-0.39, 0.29) is 0 Å². The van der Waals surface area contributed by atoms with Gasteiger partial charge in [0.05, 0.1) is 10.3 Å². The fraction of sp³-hybridized carbons (Fsp3) is 0.292. The van der Waals surface area contributed by atoms with Crippen LogP contribution in [-0.4, -0.2) is 53.9 Å². The van der Waals surface area contributed by atoms with Gasteiger partial charge in [0.25, 0.3) is 0 Å². The molecule has 0 N–H and O–H groups in total. The zero-order valence-electron chi connectivity index (χ0n) is 18.0. The summed E-state index contributed by atoms with van der Waals surface area (Å²) in [4.78, 5) is 19.1. The van der Waals surface area contributed by atoms with Gasteiger partial charge in [0.15, 0.2) is 5.82 Å². The minimum absolute atomic E-state index is 0.345. The van der Waals surface area contributed by atoms with Crippen LogP contribution in [0, 0.1) is 0 Å². The first-order chi connectivity index (χ1) is 16.1. The average Bonchev–Trinajstić information content (AvgIpc) is 3.46. The fourth-order valence-electron chi connectivity index (χ4n) is 4.71. The lowest BCUT2D eigenvalue weighted by Crippen LogP contribution is -2.49. The van der Waals surface area contributed by atoms with Crippen molar-refractivity contribution in [2.24, 2.45) is 0 Å². The van der Waals surface area contributed by atoms with Gasteiger partial charge in [0, 0.05) is 49.0 Å². The summed E-state index contributed by atoms with van der Waals surface area (Å²) in [6.45, 7) is 2.04. The Morgan fingerprint density at radius 3 is 2.48 bits per heavy atom. The van der Waals surface area contributed by atoms with E-state index in [9.17, 15) is 8.42 Å². The molecule has 0 atom stereocenters. The molecule has 3 aromatic heterocycles. The fourth-order valence-corrected chi connectivity index (χ4v) is 7.41. The van der Waals surface area contributed by atoms with Crippen molar-refractivity contribution in [3.05, 3.63) is 65.3 Å². The Hall–Kier alpha value is -2.88. The molecule has 33 heavy (non-hydrogen) atoms. The summed E-state index contributed by atoms with van der Waals surface area (Å²) >= 11 is 1.77. The topological polar surface area (TPSA) is 79.3 Å². The molecule has 7 nitrogen and oxygen atoms in total. The van der Waals surface area contributed by atoms with Gasteiger partial charge in [-0.2, -0.15) is 4.31 Å². The van der Waals surface area contributed by atoms with Gasteiger partial charge in [-0.25, -0.2) is 18.4 Å². The number of thiophene rings is 1. The van der Waals surface area contributed by atoms with Crippen LogP contribution in [0.25, 0.3) is 21.6 Å². The van der Waals surface area contributed by atoms with E-state index in [0.717, 1.165) is 34.4 Å². The van der Waals surface area contributed by atoms with Crippen LogP contribution in [0.2, 0.25) is 0 Å². The van der Waals surface area contributed by atoms with Crippen LogP contribution in [0.1, 0.15) is 16.9 Å². The summed E-state index contributed by atoms with van der Waals surface area (Å²) < 4.78 is 27.7. The third kappa shape index (κ3) is 3.60. The average molecular weight is 478 g/mol. The van der Waals surface area contributed by atoms with Gasteiger partial charge in [0.1, 0.15) is 10.6 Å². The molecule has 0 spiro atoms. The van der Waals surface area contributed by atoms with Crippen molar-refractivity contribution in [2.45, 2.75) is 24.2 Å². The molecule has 1 saturated heterocycles. The molecule has 1 aliphatic heterocycles. The van der Waals surface area contributed by atoms with Crippen molar-refractivity contribution in [1.82, 2.24) is 19.3 Å². The molecule has 2 aliphatic rings. The van der Waals surface area contributed by atoms with Crippen LogP contribution >= 0.6 is 11.3 Å². The molecule has 4 heterocycles. The Kier molecular flexibility index (Phi) is 5.12. The highest BCUT2D eigenvalue weighted by Crippen LogP contribution is 2.41. The first-order valence-corrected chi connectivity index (χ1v) is 13.4. The second kappa shape index (κ2) is 8.16. The van der Waals surface area contributed by atoms with Crippen LogP contribution in [0.4, 0.5) is 5.82 Å². The van der Waals surface area contributed by atoms with E-state index in [0.29, 0.717) is 36.9 Å². The standard InChI is InChI=1S/C24H23N5O2S2/c30-33(31,18-7-2-1-3-8-18)29-14-12-28(13-15-29)23-21-19-9-4-10-20(19)32-24(21)27-22(26-23)17-6-5-11-25-16-17/h1-3,5-8,11,16H,4,9-10,12-15H2. The Morgan fingerprint density at radius 2 is 1.73 bits per heavy atom. The highest BCUT2D eigenvalue weighted by atomic mass is 32.2. The zero-order chi connectivity index (χ0) is 22.4. The number of nitrogens with zero attached hydrogens (tertiary/aromatic N) is 5. The number of hydrogen-bond acceptors (Lipinski definition) is 7. The summed E-state index contributed by atoms with van der Waals surface area (Å²) in [6.07, 6.45) is 6.86. The van der Waals surface area contributed by atoms with E-state index in [2.05, 4.69) is 9.88 Å². The smallest absolute Gasteiger partial charge is 0.243 e. The van der Waals surface area contributed by atoms with E-state index < -0.39 is 10.0 Å². The number of hydrogen-bond donors (Lipinski definition) is 0. The molecule has 0 saturated carbocycles. The van der Waals surface area contributed by atoms with Crippen LogP contribution in [0.15, 0.2) is 59.8 Å². The van der Waals surface area contributed by atoms with E-state index in [1.54, 1.807) is 52.3 Å². The summed E-state index contributed by atoms with van der Waals surface area (Å²) in [6, 6.07) is 12.5. The largest absolute Gasteiger partial charge is 0.353 e. The number of fused-ring (bicyclic) bond motifs is 3. The van der Waals surface area contributed by atoms with Gasteiger partial charge in [-0.1, -0.05) is 18.2 Å². The van der Waals surface area contributed by atoms with Crippen LogP contribution in [0.5, 0.6) is 0 Å². The van der Waals surface area contributed by atoms with Crippen LogP contribution in [-0.2, 0) is 22.9 Å². The van der Waals surface area contributed by atoms with Crippen LogP contribution in [0.3, 0.4) is 0 Å². The third-order valence-corrected chi connectivity index (χ3v) is 9.48. The van der Waals surface area contributed by atoms with Crippen molar-refractivity contribution < 1.29 is 8.42 Å². The van der Waals surface area contributed by atoms with E-state index in [1.807, 2.05) is 18.2 Å². The molecule has 168 valence electrons. The summed E-state index contributed by atoms with van der Waals surface area (Å²) in [5, 5.41) is 1.15. The normalized spacial score (nSPS) is 16.9. The van der Waals surface area contributed by atoms with Gasteiger partial charge < -0.3 is 4.90 Å². The minimum atomic E-state index is -3.49. The SMILES string of the molecule is O=S(=O)(c1ccccc1)N1CCN(c2nc(-c3cccnc3)nc3sc4c(c23)CCC4)CC1. The van der Waals surface area contributed by atoms with E-state index in [1.165, 1.54) is 16.9 Å². The van der Waals surface area contributed by atoms with E-state index >= 15 is 0 Å². The van der Waals surface area contributed by atoms with E-state index in [4.69, 9.17) is 9.97 Å². The van der Waals surface area contributed by atoms with Crippen molar-refractivity contribution in [3.63, 3.8) is 0 Å². The first-order valence-electron chi connectivity index (χ1n) is 11.1. The Labute approximate surface area is 196 Å². The summed E-state index contributed by atoms with van der Waals surface area (Å²) in [5.74, 6) is 1.60. The number of aromatic nitrogens is 3. The lowest BCUT2D eigenvalue weighted by atomic mass is 10.1. The molecular formula is C24H23N5O2S2. The highest BCUT2D eigenvalue weighted by molar-refractivity contribution is 7.89. The third-order valence-electron chi connectivity index (χ3n) is 6.38. The summed E-state index contributed by atoms with van der Waals surface area (Å²) in [5.41, 5.74) is 2.27. The lowest BCUT2D eigenvalue weighted by Gasteiger charge is -2.35. The quantitative estimate of drug-likeness (QED) is 0.445. The molecule has 0 radical (unpaired) electrons. The number of pyridine rings is 1. The number of benzene rings is 1. The molecule has 1 fully saturated rings. The van der Waals surface area contributed by atoms with Gasteiger partial charge in [0.2, 0.25) is 10.0 Å². The van der Waals surface area contributed by atoms with Gasteiger partial charge in [-0.15, -0.1) is 11.3 Å². The summed E-state index contributed by atoms with van der Waals surface area (Å²) in [7, 11) is -3.49. The molecule has 1 aromatic carbocycles. The molecule has 4 aromatic rings. The van der Waals surface area contributed by atoms with Crippen molar-refractivity contribution in [1.29, 1.82) is 0 Å². The minimum Gasteiger partial charge on any atom is -0.353 e. The monoisotopic (exact) mass is 477 g/mol. The number of rotatable bonds is 4. The maximum absolute atomic E-state index is 13.1. The Morgan fingerprint density at radius 1 is 0.909 bits per heavy atom. The maximum atomic E-state index is 13.1. The molecular weight excluding hydrogens is 454 g/mol. The predicted molar refractivity (Wildman–Crippen MR) is 130 cm³/mol. The van der Waals surface area contributed by atoms with Crippen molar-refractivity contribution >= 4 is 37.4 Å². The predicted octanol–water partition coefficient (Wildman–Crippen LogP) is 3.75. The number of aryl methyl sites for hydroxylation is 2. The zero-order valence-corrected chi connectivity index (χ0v) is 19.6. The van der Waals surface area contributed by atoms with Gasteiger partial charge in [-0.3, -0.25) is 4.98 Å². The number of anilines is 1. The maximum Gasteiger partial charge on any atom is 0.243 e. The van der Waals surface area contributed by atoms with Crippen molar-refractivity contribution in [2.75, 3.05) is 31.1 Å². The second-order valence-electron chi connectivity index (χ2n) is 8.35. The molecule has 0 unspecified atom stereocenters. The number of sulfonamides is 1. The highest BCUT2D eigenvalue weighted by Gasteiger charge is 2.31.